The van der Waals surface area contributed by atoms with Gasteiger partial charge in [-0.3, -0.25) is 4.79 Å². The molecule has 0 spiro atoms. The predicted octanol–water partition coefficient (Wildman–Crippen LogP) is 2.69. The molecule has 0 heterocycles. The van der Waals surface area contributed by atoms with Crippen molar-refractivity contribution in [2.45, 2.75) is 76.3 Å². The molecule has 0 aromatic heterocycles. The second-order valence-electron chi connectivity index (χ2n) is 7.00. The second kappa shape index (κ2) is 5.82. The first kappa shape index (κ1) is 13.4. The van der Waals surface area contributed by atoms with Crippen molar-refractivity contribution in [3.05, 3.63) is 0 Å². The molecule has 2 atom stereocenters. The van der Waals surface area contributed by atoms with Crippen LogP contribution in [0.2, 0.25) is 0 Å². The van der Waals surface area contributed by atoms with Crippen molar-refractivity contribution in [3.8, 4) is 0 Å². The maximum absolute atomic E-state index is 12.8. The molecule has 108 valence electrons. The van der Waals surface area contributed by atoms with E-state index in [0.717, 1.165) is 31.7 Å². The van der Waals surface area contributed by atoms with Crippen molar-refractivity contribution in [1.82, 2.24) is 4.90 Å². The van der Waals surface area contributed by atoms with Gasteiger partial charge in [-0.05, 0) is 50.9 Å². The Labute approximate surface area is 116 Å². The largest absolute Gasteiger partial charge is 0.339 e. The van der Waals surface area contributed by atoms with Crippen LogP contribution in [0.5, 0.6) is 0 Å². The van der Waals surface area contributed by atoms with Gasteiger partial charge in [0.1, 0.15) is 0 Å². The van der Waals surface area contributed by atoms with Gasteiger partial charge in [0.2, 0.25) is 5.91 Å². The number of carbonyl (C=O) groups excluding carboxylic acids is 1. The third-order valence-corrected chi connectivity index (χ3v) is 5.27. The van der Waals surface area contributed by atoms with Crippen molar-refractivity contribution < 1.29 is 4.79 Å². The van der Waals surface area contributed by atoms with Crippen molar-refractivity contribution in [1.29, 1.82) is 0 Å². The van der Waals surface area contributed by atoms with Crippen LogP contribution >= 0.6 is 0 Å². The van der Waals surface area contributed by atoms with Gasteiger partial charge < -0.3 is 10.6 Å². The van der Waals surface area contributed by atoms with Gasteiger partial charge in [-0.1, -0.05) is 19.3 Å². The van der Waals surface area contributed by atoms with Crippen molar-refractivity contribution in [2.24, 2.45) is 17.6 Å². The lowest BCUT2D eigenvalue weighted by molar-refractivity contribution is -0.138. The predicted molar refractivity (Wildman–Crippen MR) is 76.6 cm³/mol. The molecule has 19 heavy (non-hydrogen) atoms. The first-order valence-electron chi connectivity index (χ1n) is 8.30. The van der Waals surface area contributed by atoms with Crippen LogP contribution in [0.15, 0.2) is 0 Å². The van der Waals surface area contributed by atoms with Gasteiger partial charge in [-0.2, -0.15) is 0 Å². The monoisotopic (exact) mass is 264 g/mol. The van der Waals surface area contributed by atoms with E-state index in [0.29, 0.717) is 11.9 Å². The molecule has 0 radical (unpaired) electrons. The zero-order chi connectivity index (χ0) is 13.2. The maximum Gasteiger partial charge on any atom is 0.225 e. The van der Waals surface area contributed by atoms with Crippen LogP contribution < -0.4 is 5.73 Å². The summed E-state index contributed by atoms with van der Waals surface area (Å²) in [5.74, 6) is 1.48. The molecule has 3 nitrogen and oxygen atoms in total. The highest BCUT2D eigenvalue weighted by atomic mass is 16.2. The zero-order valence-electron chi connectivity index (χ0n) is 12.0. The SMILES string of the molecule is NC1CCC(C(=O)N(CC2CC2)C2CCCCC2)C1. The van der Waals surface area contributed by atoms with E-state index in [-0.39, 0.29) is 12.0 Å². The van der Waals surface area contributed by atoms with Crippen LogP contribution in [0.3, 0.4) is 0 Å². The minimum Gasteiger partial charge on any atom is -0.339 e. The normalized spacial score (nSPS) is 32.5. The Morgan fingerprint density at radius 1 is 1.00 bits per heavy atom. The molecule has 3 saturated carbocycles. The summed E-state index contributed by atoms with van der Waals surface area (Å²) in [6.45, 7) is 1.04. The third kappa shape index (κ3) is 3.31. The summed E-state index contributed by atoms with van der Waals surface area (Å²) in [6.07, 6.45) is 12.1. The van der Waals surface area contributed by atoms with Crippen LogP contribution in [0, 0.1) is 11.8 Å². The molecular weight excluding hydrogens is 236 g/mol. The fourth-order valence-corrected chi connectivity index (χ4v) is 3.87. The lowest BCUT2D eigenvalue weighted by atomic mass is 9.92. The van der Waals surface area contributed by atoms with Gasteiger partial charge in [-0.25, -0.2) is 0 Å². The first-order valence-corrected chi connectivity index (χ1v) is 8.30. The second-order valence-corrected chi connectivity index (χ2v) is 7.00. The van der Waals surface area contributed by atoms with Crippen molar-refractivity contribution in [3.63, 3.8) is 0 Å². The molecule has 3 rings (SSSR count). The summed E-state index contributed by atoms with van der Waals surface area (Å²) in [7, 11) is 0. The average Bonchev–Trinajstić information content (AvgIpc) is 3.16. The summed E-state index contributed by atoms with van der Waals surface area (Å²) in [6, 6.07) is 0.807. The third-order valence-electron chi connectivity index (χ3n) is 5.27. The van der Waals surface area contributed by atoms with Gasteiger partial charge in [0, 0.05) is 24.5 Å². The van der Waals surface area contributed by atoms with Gasteiger partial charge in [0.25, 0.3) is 0 Å². The fourth-order valence-electron chi connectivity index (χ4n) is 3.87. The average molecular weight is 264 g/mol. The minimum absolute atomic E-state index is 0.232. The number of amides is 1. The van der Waals surface area contributed by atoms with E-state index >= 15 is 0 Å². The number of nitrogens with two attached hydrogens (primary N) is 1. The van der Waals surface area contributed by atoms with Crippen LogP contribution in [0.4, 0.5) is 0 Å². The lowest BCUT2D eigenvalue weighted by Crippen LogP contribution is -2.45. The van der Waals surface area contributed by atoms with Gasteiger partial charge in [-0.15, -0.1) is 0 Å². The first-order chi connectivity index (χ1) is 9.24. The number of hydrogen-bond acceptors (Lipinski definition) is 2. The van der Waals surface area contributed by atoms with Crippen LogP contribution in [0.1, 0.15) is 64.2 Å². The van der Waals surface area contributed by atoms with Gasteiger partial charge in [0.15, 0.2) is 0 Å². The summed E-state index contributed by atoms with van der Waals surface area (Å²) >= 11 is 0. The molecule has 3 fully saturated rings. The van der Waals surface area contributed by atoms with Crippen LogP contribution in [0.25, 0.3) is 0 Å². The molecule has 3 aliphatic carbocycles. The molecule has 3 aliphatic rings. The molecule has 0 aliphatic heterocycles. The van der Waals surface area contributed by atoms with E-state index in [1.165, 1.54) is 44.9 Å². The molecule has 0 aromatic rings. The molecule has 2 unspecified atom stereocenters. The highest BCUT2D eigenvalue weighted by Crippen LogP contribution is 2.35. The Morgan fingerprint density at radius 2 is 1.74 bits per heavy atom. The van der Waals surface area contributed by atoms with E-state index in [2.05, 4.69) is 4.90 Å². The van der Waals surface area contributed by atoms with E-state index in [4.69, 9.17) is 5.73 Å². The Balaban J connectivity index is 1.64. The highest BCUT2D eigenvalue weighted by molar-refractivity contribution is 5.79. The minimum atomic E-state index is 0.232. The van der Waals surface area contributed by atoms with Crippen molar-refractivity contribution >= 4 is 5.91 Å². The van der Waals surface area contributed by atoms with Crippen molar-refractivity contribution in [2.75, 3.05) is 6.54 Å². The summed E-state index contributed by atoms with van der Waals surface area (Å²) in [5.41, 5.74) is 5.98. The molecule has 1 amide bonds. The number of hydrogen-bond donors (Lipinski definition) is 1. The van der Waals surface area contributed by atoms with Crippen LogP contribution in [-0.2, 0) is 4.79 Å². The summed E-state index contributed by atoms with van der Waals surface area (Å²) in [4.78, 5) is 15.1. The van der Waals surface area contributed by atoms with Gasteiger partial charge in [0.05, 0.1) is 0 Å². The smallest absolute Gasteiger partial charge is 0.225 e. The Bertz CT molecular complexity index is 321. The lowest BCUT2D eigenvalue weighted by Gasteiger charge is -2.36. The van der Waals surface area contributed by atoms with Crippen LogP contribution in [-0.4, -0.2) is 29.4 Å². The molecule has 2 N–H and O–H groups in total. The van der Waals surface area contributed by atoms with E-state index in [1.54, 1.807) is 0 Å². The quantitative estimate of drug-likeness (QED) is 0.848. The molecular formula is C16H28N2O. The molecule has 0 saturated heterocycles. The van der Waals surface area contributed by atoms with E-state index in [9.17, 15) is 4.79 Å². The number of nitrogens with zero attached hydrogens (tertiary/aromatic N) is 1. The molecule has 3 heteroatoms. The Hall–Kier alpha value is -0.570. The fraction of sp³-hybridized carbons (Fsp3) is 0.938. The highest BCUT2D eigenvalue weighted by Gasteiger charge is 2.37. The number of carbonyl (C=O) groups is 1. The summed E-state index contributed by atoms with van der Waals surface area (Å²) < 4.78 is 0. The molecule has 0 bridgehead atoms. The standard InChI is InChI=1S/C16H28N2O/c17-14-9-8-13(10-14)16(19)18(11-12-6-7-12)15-4-2-1-3-5-15/h12-15H,1-11,17H2. The summed E-state index contributed by atoms with van der Waals surface area (Å²) in [5, 5.41) is 0. The Kier molecular flexibility index (Phi) is 4.11. The molecule has 0 aromatic carbocycles. The topological polar surface area (TPSA) is 46.3 Å². The van der Waals surface area contributed by atoms with E-state index < -0.39 is 0 Å². The van der Waals surface area contributed by atoms with E-state index in [1.807, 2.05) is 0 Å². The Morgan fingerprint density at radius 3 is 2.32 bits per heavy atom. The van der Waals surface area contributed by atoms with Gasteiger partial charge >= 0.3 is 0 Å². The zero-order valence-corrected chi connectivity index (χ0v) is 12.0. The maximum atomic E-state index is 12.8. The number of rotatable bonds is 4.